The zero-order valence-electron chi connectivity index (χ0n) is 8.31. The highest BCUT2D eigenvalue weighted by molar-refractivity contribution is 5.80. The van der Waals surface area contributed by atoms with E-state index in [9.17, 15) is 23.3 Å². The molecule has 0 spiro atoms. The Bertz CT molecular complexity index is 576. The number of hydrogen-bond donors (Lipinski definition) is 0. The molecule has 1 heterocycles. The van der Waals surface area contributed by atoms with Crippen LogP contribution in [0.3, 0.4) is 0 Å². The van der Waals surface area contributed by atoms with Crippen molar-refractivity contribution in [3.05, 3.63) is 34.5 Å². The van der Waals surface area contributed by atoms with Crippen LogP contribution in [0.5, 0.6) is 0 Å². The second-order valence-corrected chi connectivity index (χ2v) is 3.44. The number of nitrogens with zero attached hydrogens (tertiary/aromatic N) is 3. The highest BCUT2D eigenvalue weighted by atomic mass is 19.4. The summed E-state index contributed by atoms with van der Waals surface area (Å²) in [5.41, 5.74) is 0.115. The summed E-state index contributed by atoms with van der Waals surface area (Å²) in [6, 6.07) is 3.71. The summed E-state index contributed by atoms with van der Waals surface area (Å²) in [5.74, 6) is 0. The van der Waals surface area contributed by atoms with Crippen molar-refractivity contribution in [2.45, 2.75) is 12.7 Å². The van der Waals surface area contributed by atoms with E-state index in [1.807, 2.05) is 0 Å². The number of aromatic nitrogens is 2. The van der Waals surface area contributed by atoms with Crippen molar-refractivity contribution in [1.29, 1.82) is 0 Å². The minimum Gasteiger partial charge on any atom is -0.262 e. The van der Waals surface area contributed by atoms with Crippen LogP contribution in [0, 0.1) is 10.1 Å². The molecule has 0 unspecified atom stereocenters. The lowest BCUT2D eigenvalue weighted by atomic mass is 10.2. The highest BCUT2D eigenvalue weighted by Crippen LogP contribution is 2.22. The molecule has 0 saturated heterocycles. The third-order valence-corrected chi connectivity index (χ3v) is 2.09. The van der Waals surface area contributed by atoms with Gasteiger partial charge in [-0.05, 0) is 6.07 Å². The van der Waals surface area contributed by atoms with Crippen LogP contribution in [0.4, 0.5) is 18.9 Å². The van der Waals surface area contributed by atoms with Crippen LogP contribution in [0.1, 0.15) is 0 Å². The van der Waals surface area contributed by atoms with Gasteiger partial charge in [-0.15, -0.1) is 0 Å². The number of nitro groups is 1. The average molecular weight is 245 g/mol. The van der Waals surface area contributed by atoms with Gasteiger partial charge in [-0.2, -0.15) is 18.3 Å². The van der Waals surface area contributed by atoms with E-state index < -0.39 is 17.6 Å². The van der Waals surface area contributed by atoms with Gasteiger partial charge >= 0.3 is 6.18 Å². The Kier molecular flexibility index (Phi) is 2.49. The number of alkyl halides is 3. The number of rotatable bonds is 2. The van der Waals surface area contributed by atoms with Gasteiger partial charge in [0.1, 0.15) is 6.54 Å². The minimum absolute atomic E-state index is 0.177. The summed E-state index contributed by atoms with van der Waals surface area (Å²) in [7, 11) is 0. The van der Waals surface area contributed by atoms with E-state index in [4.69, 9.17) is 0 Å². The van der Waals surface area contributed by atoms with E-state index >= 15 is 0 Å². The van der Waals surface area contributed by atoms with E-state index in [-0.39, 0.29) is 5.69 Å². The van der Waals surface area contributed by atoms with Crippen molar-refractivity contribution in [2.24, 2.45) is 0 Å². The summed E-state index contributed by atoms with van der Waals surface area (Å²) < 4.78 is 37.0. The maximum Gasteiger partial charge on any atom is 0.408 e. The van der Waals surface area contributed by atoms with Crippen LogP contribution in [0.25, 0.3) is 10.9 Å². The standard InChI is InChI=1S/C9H6F3N3O2/c10-9(11,12)5-14-4-6-3-7(15(16)17)1-2-8(6)13-14/h1-4H,5H2. The van der Waals surface area contributed by atoms with Crippen molar-refractivity contribution in [3.8, 4) is 0 Å². The van der Waals surface area contributed by atoms with Gasteiger partial charge in [0.05, 0.1) is 10.4 Å². The fourth-order valence-electron chi connectivity index (χ4n) is 1.44. The molecule has 0 saturated carbocycles. The molecule has 0 aliphatic carbocycles. The normalized spacial score (nSPS) is 11.9. The predicted octanol–water partition coefficient (Wildman–Crippen LogP) is 2.51. The molecule has 8 heteroatoms. The number of halogens is 3. The van der Waals surface area contributed by atoms with Gasteiger partial charge in [-0.1, -0.05) is 0 Å². The van der Waals surface area contributed by atoms with Crippen LogP contribution >= 0.6 is 0 Å². The molecule has 2 aromatic rings. The molecule has 5 nitrogen and oxygen atoms in total. The second kappa shape index (κ2) is 3.72. The van der Waals surface area contributed by atoms with Crippen LogP contribution in [-0.4, -0.2) is 20.9 Å². The van der Waals surface area contributed by atoms with E-state index in [1.54, 1.807) is 0 Å². The van der Waals surface area contributed by atoms with Gasteiger partial charge in [0.2, 0.25) is 0 Å². The van der Waals surface area contributed by atoms with Crippen molar-refractivity contribution >= 4 is 16.6 Å². The minimum atomic E-state index is -4.37. The average Bonchev–Trinajstić information content (AvgIpc) is 2.54. The largest absolute Gasteiger partial charge is 0.408 e. The third-order valence-electron chi connectivity index (χ3n) is 2.09. The number of benzene rings is 1. The first-order chi connectivity index (χ1) is 7.85. The zero-order chi connectivity index (χ0) is 12.6. The molecule has 1 aromatic carbocycles. The smallest absolute Gasteiger partial charge is 0.262 e. The first kappa shape index (κ1) is 11.4. The summed E-state index contributed by atoms with van der Waals surface area (Å²) in [5, 5.41) is 14.5. The maximum absolute atomic E-state index is 12.1. The monoisotopic (exact) mass is 245 g/mol. The number of non-ortho nitro benzene ring substituents is 1. The molecule has 17 heavy (non-hydrogen) atoms. The molecule has 0 amide bonds. The fourth-order valence-corrected chi connectivity index (χ4v) is 1.44. The summed E-state index contributed by atoms with van der Waals surface area (Å²) in [4.78, 5) is 9.87. The molecule has 0 atom stereocenters. The quantitative estimate of drug-likeness (QED) is 0.603. The molecule has 0 radical (unpaired) electrons. The first-order valence-electron chi connectivity index (χ1n) is 4.53. The Morgan fingerprint density at radius 1 is 1.41 bits per heavy atom. The summed E-state index contributed by atoms with van der Waals surface area (Å²) in [6.07, 6.45) is -3.23. The summed E-state index contributed by atoms with van der Waals surface area (Å²) >= 11 is 0. The molecule has 0 N–H and O–H groups in total. The van der Waals surface area contributed by atoms with Crippen LogP contribution in [-0.2, 0) is 6.54 Å². The third kappa shape index (κ3) is 2.52. The van der Waals surface area contributed by atoms with Gasteiger partial charge in [0.15, 0.2) is 0 Å². The van der Waals surface area contributed by atoms with Gasteiger partial charge in [-0.3, -0.25) is 14.8 Å². The van der Waals surface area contributed by atoms with Gasteiger partial charge in [-0.25, -0.2) is 0 Å². The lowest BCUT2D eigenvalue weighted by Crippen LogP contribution is -2.17. The molecular formula is C9H6F3N3O2. The van der Waals surface area contributed by atoms with E-state index in [2.05, 4.69) is 5.10 Å². The molecule has 0 aliphatic heterocycles. The topological polar surface area (TPSA) is 61.0 Å². The Balaban J connectivity index is 2.40. The SMILES string of the molecule is O=[N+]([O-])c1ccc2nn(CC(F)(F)F)cc2c1. The lowest BCUT2D eigenvalue weighted by molar-refractivity contribution is -0.384. The highest BCUT2D eigenvalue weighted by Gasteiger charge is 2.28. The second-order valence-electron chi connectivity index (χ2n) is 3.44. The molecule has 1 aromatic heterocycles. The Hall–Kier alpha value is -2.12. The Morgan fingerprint density at radius 2 is 2.12 bits per heavy atom. The van der Waals surface area contributed by atoms with Crippen LogP contribution in [0.2, 0.25) is 0 Å². The van der Waals surface area contributed by atoms with Gasteiger partial charge in [0.25, 0.3) is 5.69 Å². The van der Waals surface area contributed by atoms with Crippen LogP contribution < -0.4 is 0 Å². The molecular weight excluding hydrogens is 239 g/mol. The lowest BCUT2D eigenvalue weighted by Gasteiger charge is -2.04. The van der Waals surface area contributed by atoms with E-state index in [0.29, 0.717) is 15.6 Å². The Morgan fingerprint density at radius 3 is 2.71 bits per heavy atom. The Labute approximate surface area is 92.6 Å². The van der Waals surface area contributed by atoms with Gasteiger partial charge < -0.3 is 0 Å². The van der Waals surface area contributed by atoms with E-state index in [1.165, 1.54) is 18.2 Å². The summed E-state index contributed by atoms with van der Waals surface area (Å²) in [6.45, 7) is -1.21. The van der Waals surface area contributed by atoms with Crippen LogP contribution in [0.15, 0.2) is 24.4 Å². The zero-order valence-corrected chi connectivity index (χ0v) is 8.31. The number of fused-ring (bicyclic) bond motifs is 1. The molecule has 0 bridgehead atoms. The predicted molar refractivity (Wildman–Crippen MR) is 52.4 cm³/mol. The van der Waals surface area contributed by atoms with Crippen molar-refractivity contribution < 1.29 is 18.1 Å². The molecule has 0 fully saturated rings. The number of hydrogen-bond acceptors (Lipinski definition) is 3. The van der Waals surface area contributed by atoms with Gasteiger partial charge in [0, 0.05) is 23.7 Å². The maximum atomic E-state index is 12.1. The van der Waals surface area contributed by atoms with Crippen molar-refractivity contribution in [1.82, 2.24) is 9.78 Å². The molecule has 2 rings (SSSR count). The number of nitro benzene ring substituents is 1. The first-order valence-corrected chi connectivity index (χ1v) is 4.53. The fraction of sp³-hybridized carbons (Fsp3) is 0.222. The van der Waals surface area contributed by atoms with E-state index in [0.717, 1.165) is 6.20 Å². The molecule has 90 valence electrons. The van der Waals surface area contributed by atoms with Crippen molar-refractivity contribution in [2.75, 3.05) is 0 Å². The van der Waals surface area contributed by atoms with Crippen molar-refractivity contribution in [3.63, 3.8) is 0 Å². The molecule has 0 aliphatic rings.